The molecule has 0 spiro atoms. The molecule has 2 heterocycles. The number of methoxy groups -OCH3 is 1. The molecule has 2 aromatic rings. The predicted octanol–water partition coefficient (Wildman–Crippen LogP) is -0.204. The molecule has 0 amide bonds. The van der Waals surface area contributed by atoms with Gasteiger partial charge in [-0.05, 0) is 0 Å². The van der Waals surface area contributed by atoms with Crippen molar-refractivity contribution < 1.29 is 4.74 Å². The fourth-order valence-corrected chi connectivity index (χ4v) is 1.60. The molecule has 0 bridgehead atoms. The summed E-state index contributed by atoms with van der Waals surface area (Å²) in [6.07, 6.45) is 5.37. The van der Waals surface area contributed by atoms with Crippen LogP contribution in [0.5, 0.6) is 0 Å². The molecule has 7 heteroatoms. The lowest BCUT2D eigenvalue weighted by atomic mass is 10.4. The van der Waals surface area contributed by atoms with Gasteiger partial charge in [-0.1, -0.05) is 0 Å². The molecule has 0 saturated heterocycles. The van der Waals surface area contributed by atoms with E-state index in [1.165, 1.54) is 0 Å². The second-order valence-corrected chi connectivity index (χ2v) is 4.01. The number of nitrogens with one attached hydrogen (secondary N) is 1. The van der Waals surface area contributed by atoms with E-state index in [1.54, 1.807) is 18.1 Å². The molecular weight excluding hydrogens is 232 g/mol. The van der Waals surface area contributed by atoms with Crippen LogP contribution in [0, 0.1) is 0 Å². The van der Waals surface area contributed by atoms with Gasteiger partial charge in [-0.3, -0.25) is 4.68 Å². The van der Waals surface area contributed by atoms with E-state index >= 15 is 0 Å². The van der Waals surface area contributed by atoms with E-state index in [-0.39, 0.29) is 0 Å². The molecule has 0 atom stereocenters. The number of imidazole rings is 1. The zero-order valence-corrected chi connectivity index (χ0v) is 10.7. The maximum Gasteiger partial charge on any atom is 0.146 e. The van der Waals surface area contributed by atoms with Gasteiger partial charge in [-0.15, -0.1) is 0 Å². The van der Waals surface area contributed by atoms with Crippen LogP contribution < -0.4 is 5.32 Å². The Morgan fingerprint density at radius 2 is 2.28 bits per heavy atom. The molecular formula is C11H18N6O. The van der Waals surface area contributed by atoms with Gasteiger partial charge in [0, 0.05) is 33.4 Å². The summed E-state index contributed by atoms with van der Waals surface area (Å²) in [4.78, 5) is 8.50. The number of rotatable bonds is 7. The Labute approximate surface area is 106 Å². The zero-order valence-electron chi connectivity index (χ0n) is 10.7. The largest absolute Gasteiger partial charge is 0.383 e. The van der Waals surface area contributed by atoms with Crippen molar-refractivity contribution in [1.29, 1.82) is 0 Å². The molecule has 0 saturated carbocycles. The van der Waals surface area contributed by atoms with E-state index < -0.39 is 0 Å². The van der Waals surface area contributed by atoms with Crippen molar-refractivity contribution in [1.82, 2.24) is 29.6 Å². The minimum atomic E-state index is 0.682. The van der Waals surface area contributed by atoms with Crippen LogP contribution in [0.4, 0.5) is 0 Å². The Morgan fingerprint density at radius 1 is 1.39 bits per heavy atom. The zero-order chi connectivity index (χ0) is 12.8. The molecule has 2 aromatic heterocycles. The third kappa shape index (κ3) is 3.38. The monoisotopic (exact) mass is 250 g/mol. The molecule has 0 radical (unpaired) electrons. The molecule has 7 nitrogen and oxygen atoms in total. The van der Waals surface area contributed by atoms with Crippen molar-refractivity contribution in [3.05, 3.63) is 30.4 Å². The average molecular weight is 250 g/mol. The van der Waals surface area contributed by atoms with Crippen LogP contribution >= 0.6 is 0 Å². The molecule has 2 rings (SSSR count). The van der Waals surface area contributed by atoms with E-state index in [0.29, 0.717) is 13.2 Å². The van der Waals surface area contributed by atoms with Gasteiger partial charge in [0.15, 0.2) is 0 Å². The second-order valence-electron chi connectivity index (χ2n) is 4.01. The summed E-state index contributed by atoms with van der Waals surface area (Å²) in [5, 5.41) is 7.29. The van der Waals surface area contributed by atoms with Gasteiger partial charge in [-0.2, -0.15) is 5.10 Å². The first-order valence-electron chi connectivity index (χ1n) is 5.83. The molecule has 0 fully saturated rings. The normalized spacial score (nSPS) is 11.0. The lowest BCUT2D eigenvalue weighted by Crippen LogP contribution is -2.18. The fraction of sp³-hybridized carbons (Fsp3) is 0.545. The summed E-state index contributed by atoms with van der Waals surface area (Å²) in [6.45, 7) is 2.96. The summed E-state index contributed by atoms with van der Waals surface area (Å²) in [5.74, 6) is 0.909. The Kier molecular flexibility index (Phi) is 4.43. The Bertz CT molecular complexity index is 477. The topological polar surface area (TPSA) is 69.8 Å². The number of hydrogen-bond donors (Lipinski definition) is 1. The molecule has 0 aliphatic rings. The van der Waals surface area contributed by atoms with Crippen LogP contribution in [-0.4, -0.2) is 44.6 Å². The molecule has 0 aliphatic carbocycles. The van der Waals surface area contributed by atoms with Gasteiger partial charge in [-0.25, -0.2) is 9.97 Å². The highest BCUT2D eigenvalue weighted by atomic mass is 16.5. The lowest BCUT2D eigenvalue weighted by molar-refractivity contribution is 0.199. The maximum atomic E-state index is 4.96. The summed E-state index contributed by atoms with van der Waals surface area (Å²) in [6, 6.07) is 0. The van der Waals surface area contributed by atoms with Gasteiger partial charge in [0.1, 0.15) is 12.2 Å². The van der Waals surface area contributed by atoms with Crippen LogP contribution in [0.15, 0.2) is 18.9 Å². The molecule has 1 N–H and O–H groups in total. The van der Waals surface area contributed by atoms with Crippen molar-refractivity contribution in [2.24, 2.45) is 7.05 Å². The Hall–Kier alpha value is -1.73. The van der Waals surface area contributed by atoms with Gasteiger partial charge in [0.25, 0.3) is 0 Å². The van der Waals surface area contributed by atoms with Gasteiger partial charge in [0.05, 0.1) is 25.2 Å². The van der Waals surface area contributed by atoms with Gasteiger partial charge in [0.2, 0.25) is 0 Å². The Balaban J connectivity index is 1.84. The maximum absolute atomic E-state index is 4.96. The smallest absolute Gasteiger partial charge is 0.146 e. The number of hydrogen-bond acceptors (Lipinski definition) is 5. The highest BCUT2D eigenvalue weighted by Gasteiger charge is 2.03. The Morgan fingerprint density at radius 3 is 3.00 bits per heavy atom. The predicted molar refractivity (Wildman–Crippen MR) is 65.9 cm³/mol. The number of aromatic nitrogens is 5. The standard InChI is InChI=1S/C11H18N6O/c1-16-11(13-8-15-16)7-17-6-10(14-9-17)5-12-3-4-18-2/h6,8-9,12H,3-5,7H2,1-2H3. The van der Waals surface area contributed by atoms with Crippen molar-refractivity contribution in [2.75, 3.05) is 20.3 Å². The highest BCUT2D eigenvalue weighted by molar-refractivity contribution is 4.98. The fourth-order valence-electron chi connectivity index (χ4n) is 1.60. The summed E-state index contributed by atoms with van der Waals surface area (Å²) in [5.41, 5.74) is 1.01. The van der Waals surface area contributed by atoms with E-state index in [2.05, 4.69) is 20.4 Å². The lowest BCUT2D eigenvalue weighted by Gasteiger charge is -2.01. The van der Waals surface area contributed by atoms with E-state index in [1.807, 2.05) is 24.1 Å². The second kappa shape index (κ2) is 6.27. The van der Waals surface area contributed by atoms with Crippen molar-refractivity contribution in [3.63, 3.8) is 0 Å². The van der Waals surface area contributed by atoms with Gasteiger partial charge >= 0.3 is 0 Å². The number of aryl methyl sites for hydroxylation is 1. The number of ether oxygens (including phenoxy) is 1. The molecule has 98 valence electrons. The minimum Gasteiger partial charge on any atom is -0.383 e. The molecule has 18 heavy (non-hydrogen) atoms. The third-order valence-electron chi connectivity index (χ3n) is 2.60. The van der Waals surface area contributed by atoms with Crippen molar-refractivity contribution in [2.45, 2.75) is 13.1 Å². The first kappa shape index (κ1) is 12.7. The van der Waals surface area contributed by atoms with Crippen LogP contribution in [-0.2, 0) is 24.9 Å². The molecule has 0 aliphatic heterocycles. The van der Waals surface area contributed by atoms with E-state index in [9.17, 15) is 0 Å². The highest BCUT2D eigenvalue weighted by Crippen LogP contribution is 2.00. The number of nitrogens with zero attached hydrogens (tertiary/aromatic N) is 5. The van der Waals surface area contributed by atoms with Crippen LogP contribution in [0.3, 0.4) is 0 Å². The van der Waals surface area contributed by atoms with Gasteiger partial charge < -0.3 is 14.6 Å². The first-order valence-corrected chi connectivity index (χ1v) is 5.83. The summed E-state index contributed by atoms with van der Waals surface area (Å²) < 4.78 is 8.72. The quantitative estimate of drug-likeness (QED) is 0.689. The van der Waals surface area contributed by atoms with Crippen molar-refractivity contribution in [3.8, 4) is 0 Å². The van der Waals surface area contributed by atoms with E-state index in [4.69, 9.17) is 4.74 Å². The molecule has 0 unspecified atom stereocenters. The SMILES string of the molecule is COCCNCc1cn(Cc2ncnn2C)cn1. The van der Waals surface area contributed by atoms with Crippen LogP contribution in [0.25, 0.3) is 0 Å². The van der Waals surface area contributed by atoms with Crippen LogP contribution in [0.2, 0.25) is 0 Å². The summed E-state index contributed by atoms with van der Waals surface area (Å²) >= 11 is 0. The minimum absolute atomic E-state index is 0.682. The van der Waals surface area contributed by atoms with E-state index in [0.717, 1.165) is 24.6 Å². The van der Waals surface area contributed by atoms with Crippen molar-refractivity contribution >= 4 is 0 Å². The summed E-state index contributed by atoms with van der Waals surface area (Å²) in [7, 11) is 3.57. The average Bonchev–Trinajstić information content (AvgIpc) is 2.96. The first-order chi connectivity index (χ1) is 8.79. The third-order valence-corrected chi connectivity index (χ3v) is 2.60. The molecule has 0 aromatic carbocycles. The van der Waals surface area contributed by atoms with Crippen LogP contribution in [0.1, 0.15) is 11.5 Å².